The molecule has 16 heavy (non-hydrogen) atoms. The predicted octanol–water partition coefficient (Wildman–Crippen LogP) is -1.90. The molecule has 1 heterocycles. The minimum Gasteiger partial charge on any atom is -0.394 e. The van der Waals surface area contributed by atoms with Gasteiger partial charge in [0.2, 0.25) is 0 Å². The molecule has 1 atom stereocenters. The molecule has 0 aliphatic rings. The molecular formula is C9H18N4O3. The molecule has 1 aromatic rings. The highest BCUT2D eigenvalue weighted by Crippen LogP contribution is 1.99. The van der Waals surface area contributed by atoms with Crippen LogP contribution in [0.1, 0.15) is 12.6 Å². The molecule has 0 aromatic carbocycles. The summed E-state index contributed by atoms with van der Waals surface area (Å²) in [7, 11) is 0. The Morgan fingerprint density at radius 3 is 2.88 bits per heavy atom. The molecule has 0 bridgehead atoms. The fourth-order valence-electron chi connectivity index (χ4n) is 1.15. The van der Waals surface area contributed by atoms with Crippen LogP contribution in [0, 0.1) is 0 Å². The van der Waals surface area contributed by atoms with E-state index in [0.717, 1.165) is 5.69 Å². The van der Waals surface area contributed by atoms with Crippen molar-refractivity contribution in [3.8, 4) is 0 Å². The molecule has 0 radical (unpaired) electrons. The Morgan fingerprint density at radius 2 is 2.25 bits per heavy atom. The molecule has 7 heteroatoms. The highest BCUT2D eigenvalue weighted by atomic mass is 16.3. The molecule has 0 saturated carbocycles. The van der Waals surface area contributed by atoms with Crippen LogP contribution in [0.2, 0.25) is 0 Å². The Balaban J connectivity index is 2.31. The van der Waals surface area contributed by atoms with E-state index in [4.69, 9.17) is 10.2 Å². The predicted molar refractivity (Wildman–Crippen MR) is 56.5 cm³/mol. The second kappa shape index (κ2) is 5.90. The number of aliphatic hydroxyl groups is 3. The Labute approximate surface area is 93.7 Å². The second-order valence-corrected chi connectivity index (χ2v) is 3.96. The monoisotopic (exact) mass is 230 g/mol. The number of hydrogen-bond donors (Lipinski definition) is 4. The van der Waals surface area contributed by atoms with Gasteiger partial charge < -0.3 is 20.6 Å². The number of aliphatic hydroxyl groups excluding tert-OH is 2. The van der Waals surface area contributed by atoms with Gasteiger partial charge in [0.1, 0.15) is 0 Å². The van der Waals surface area contributed by atoms with E-state index >= 15 is 0 Å². The zero-order valence-electron chi connectivity index (χ0n) is 9.30. The van der Waals surface area contributed by atoms with Crippen molar-refractivity contribution >= 4 is 0 Å². The minimum atomic E-state index is -1.12. The third-order valence-electron chi connectivity index (χ3n) is 2.07. The van der Waals surface area contributed by atoms with E-state index in [-0.39, 0.29) is 19.8 Å². The maximum atomic E-state index is 9.50. The molecule has 0 spiro atoms. The van der Waals surface area contributed by atoms with Gasteiger partial charge in [0, 0.05) is 19.3 Å². The number of nitrogens with zero attached hydrogens (tertiary/aromatic N) is 3. The lowest BCUT2D eigenvalue weighted by atomic mass is 10.1. The highest BCUT2D eigenvalue weighted by molar-refractivity contribution is 4.92. The van der Waals surface area contributed by atoms with Gasteiger partial charge in [0.15, 0.2) is 0 Å². The summed E-state index contributed by atoms with van der Waals surface area (Å²) < 4.78 is 1.54. The average molecular weight is 230 g/mol. The first kappa shape index (κ1) is 13.0. The van der Waals surface area contributed by atoms with E-state index in [0.29, 0.717) is 13.1 Å². The topological polar surface area (TPSA) is 103 Å². The molecule has 92 valence electrons. The van der Waals surface area contributed by atoms with E-state index < -0.39 is 5.60 Å². The van der Waals surface area contributed by atoms with Gasteiger partial charge >= 0.3 is 0 Å². The summed E-state index contributed by atoms with van der Waals surface area (Å²) >= 11 is 0. The van der Waals surface area contributed by atoms with Crippen molar-refractivity contribution in [2.24, 2.45) is 0 Å². The molecular weight excluding hydrogens is 212 g/mol. The smallest absolute Gasteiger partial charge is 0.0972 e. The van der Waals surface area contributed by atoms with Gasteiger partial charge in [-0.3, -0.25) is 0 Å². The summed E-state index contributed by atoms with van der Waals surface area (Å²) in [5.74, 6) is 0. The summed E-state index contributed by atoms with van der Waals surface area (Å²) in [6, 6.07) is 0. The minimum absolute atomic E-state index is 0.0233. The molecule has 1 unspecified atom stereocenters. The van der Waals surface area contributed by atoms with E-state index in [1.807, 2.05) is 0 Å². The van der Waals surface area contributed by atoms with Crippen molar-refractivity contribution in [2.45, 2.75) is 25.6 Å². The van der Waals surface area contributed by atoms with Crippen LogP contribution in [0.15, 0.2) is 6.20 Å². The van der Waals surface area contributed by atoms with Crippen molar-refractivity contribution in [2.75, 3.05) is 19.8 Å². The quantitative estimate of drug-likeness (QED) is 0.436. The number of aromatic nitrogens is 3. The third kappa shape index (κ3) is 4.23. The Morgan fingerprint density at radius 1 is 1.50 bits per heavy atom. The molecule has 7 nitrogen and oxygen atoms in total. The molecule has 0 amide bonds. The van der Waals surface area contributed by atoms with Crippen LogP contribution in [0.25, 0.3) is 0 Å². The first-order valence-electron chi connectivity index (χ1n) is 5.11. The van der Waals surface area contributed by atoms with Gasteiger partial charge in [0.05, 0.1) is 31.1 Å². The SMILES string of the molecule is CC(O)(CO)CNCc1cn(CCO)nn1. The van der Waals surface area contributed by atoms with Crippen LogP contribution in [-0.4, -0.2) is 55.7 Å². The van der Waals surface area contributed by atoms with Crippen molar-refractivity contribution in [3.05, 3.63) is 11.9 Å². The van der Waals surface area contributed by atoms with Gasteiger partial charge in [-0.1, -0.05) is 5.21 Å². The highest BCUT2D eigenvalue weighted by Gasteiger charge is 2.17. The largest absolute Gasteiger partial charge is 0.394 e. The number of hydrogen-bond acceptors (Lipinski definition) is 6. The Kier molecular flexibility index (Phi) is 4.81. The Hall–Kier alpha value is -1.02. The fraction of sp³-hybridized carbons (Fsp3) is 0.778. The molecule has 1 aromatic heterocycles. The summed E-state index contributed by atoms with van der Waals surface area (Å²) in [5.41, 5.74) is -0.400. The first-order valence-corrected chi connectivity index (χ1v) is 5.11. The summed E-state index contributed by atoms with van der Waals surface area (Å²) in [4.78, 5) is 0. The molecule has 0 saturated heterocycles. The summed E-state index contributed by atoms with van der Waals surface area (Å²) in [5, 5.41) is 37.6. The lowest BCUT2D eigenvalue weighted by Gasteiger charge is -2.20. The second-order valence-electron chi connectivity index (χ2n) is 3.96. The fourth-order valence-corrected chi connectivity index (χ4v) is 1.15. The molecule has 0 fully saturated rings. The molecule has 1 rings (SSSR count). The van der Waals surface area contributed by atoms with Crippen molar-refractivity contribution in [1.29, 1.82) is 0 Å². The van der Waals surface area contributed by atoms with Gasteiger partial charge in [-0.2, -0.15) is 0 Å². The lowest BCUT2D eigenvalue weighted by molar-refractivity contribution is 0.00248. The van der Waals surface area contributed by atoms with E-state index in [1.54, 1.807) is 17.8 Å². The van der Waals surface area contributed by atoms with Crippen molar-refractivity contribution < 1.29 is 15.3 Å². The zero-order chi connectivity index (χ0) is 12.0. The average Bonchev–Trinajstić information content (AvgIpc) is 2.66. The van der Waals surface area contributed by atoms with E-state index in [1.165, 1.54) is 0 Å². The van der Waals surface area contributed by atoms with Crippen LogP contribution in [0.5, 0.6) is 0 Å². The van der Waals surface area contributed by atoms with Gasteiger partial charge in [-0.05, 0) is 6.92 Å². The number of rotatable bonds is 7. The first-order chi connectivity index (χ1) is 7.57. The van der Waals surface area contributed by atoms with Crippen LogP contribution in [0.4, 0.5) is 0 Å². The standard InChI is InChI=1S/C9H18N4O3/c1-9(16,7-15)6-10-4-8-5-13(2-3-14)12-11-8/h5,10,14-16H,2-4,6-7H2,1H3. The van der Waals surface area contributed by atoms with Crippen LogP contribution < -0.4 is 5.32 Å². The van der Waals surface area contributed by atoms with Crippen molar-refractivity contribution in [3.63, 3.8) is 0 Å². The van der Waals surface area contributed by atoms with Crippen molar-refractivity contribution in [1.82, 2.24) is 20.3 Å². The Bertz CT molecular complexity index is 313. The third-order valence-corrected chi connectivity index (χ3v) is 2.07. The van der Waals surface area contributed by atoms with E-state index in [9.17, 15) is 5.11 Å². The maximum absolute atomic E-state index is 9.50. The normalized spacial score (nSPS) is 15.0. The van der Waals surface area contributed by atoms with Gasteiger partial charge in [-0.15, -0.1) is 5.10 Å². The molecule has 0 aliphatic carbocycles. The van der Waals surface area contributed by atoms with Crippen LogP contribution in [-0.2, 0) is 13.1 Å². The van der Waals surface area contributed by atoms with Gasteiger partial charge in [-0.25, -0.2) is 4.68 Å². The zero-order valence-corrected chi connectivity index (χ0v) is 9.30. The van der Waals surface area contributed by atoms with Gasteiger partial charge in [0.25, 0.3) is 0 Å². The van der Waals surface area contributed by atoms with Crippen LogP contribution in [0.3, 0.4) is 0 Å². The molecule has 4 N–H and O–H groups in total. The maximum Gasteiger partial charge on any atom is 0.0972 e. The lowest BCUT2D eigenvalue weighted by Crippen LogP contribution is -2.40. The van der Waals surface area contributed by atoms with Crippen LogP contribution >= 0.6 is 0 Å². The summed E-state index contributed by atoms with van der Waals surface area (Å²) in [6.45, 7) is 2.43. The molecule has 0 aliphatic heterocycles. The van der Waals surface area contributed by atoms with E-state index in [2.05, 4.69) is 15.6 Å². The summed E-state index contributed by atoms with van der Waals surface area (Å²) in [6.07, 6.45) is 1.72. The number of nitrogens with one attached hydrogen (secondary N) is 1.